The summed E-state index contributed by atoms with van der Waals surface area (Å²) in [7, 11) is -4.49. The van der Waals surface area contributed by atoms with Gasteiger partial charge in [0.25, 0.3) is 16.0 Å². The molecular formula is C17H12ClNO4S. The zero-order valence-corrected chi connectivity index (χ0v) is 13.8. The van der Waals surface area contributed by atoms with Gasteiger partial charge in [0.15, 0.2) is 0 Å². The molecule has 0 atom stereocenters. The first-order valence-corrected chi connectivity index (χ1v) is 8.73. The standard InChI is InChI=1S/C17H12ClNO4S/c18-14-7-8-16(24(21,22)23)15(10-14)19-17(20)13-6-5-11-3-1-2-4-12(11)9-13/h1-10H,(H,19,20)(H,21,22,23). The topological polar surface area (TPSA) is 83.5 Å². The van der Waals surface area contributed by atoms with Gasteiger partial charge in [0.05, 0.1) is 5.69 Å². The van der Waals surface area contributed by atoms with E-state index in [2.05, 4.69) is 5.32 Å². The van der Waals surface area contributed by atoms with Crippen molar-refractivity contribution in [2.24, 2.45) is 0 Å². The fourth-order valence-corrected chi connectivity index (χ4v) is 3.15. The summed E-state index contributed by atoms with van der Waals surface area (Å²) in [6.07, 6.45) is 0. The highest BCUT2D eigenvalue weighted by molar-refractivity contribution is 7.86. The van der Waals surface area contributed by atoms with Crippen LogP contribution >= 0.6 is 11.6 Å². The molecule has 0 bridgehead atoms. The van der Waals surface area contributed by atoms with Crippen LogP contribution in [0.3, 0.4) is 0 Å². The number of carbonyl (C=O) groups excluding carboxylic acids is 1. The van der Waals surface area contributed by atoms with E-state index in [-0.39, 0.29) is 10.7 Å². The van der Waals surface area contributed by atoms with E-state index >= 15 is 0 Å². The second-order valence-corrected chi connectivity index (χ2v) is 6.96. The van der Waals surface area contributed by atoms with Crippen LogP contribution in [0.5, 0.6) is 0 Å². The van der Waals surface area contributed by atoms with Gasteiger partial charge in [-0.1, -0.05) is 41.9 Å². The van der Waals surface area contributed by atoms with Crippen molar-refractivity contribution in [3.8, 4) is 0 Å². The maximum atomic E-state index is 12.4. The molecule has 2 N–H and O–H groups in total. The molecule has 0 radical (unpaired) electrons. The number of halogens is 1. The van der Waals surface area contributed by atoms with E-state index in [1.807, 2.05) is 24.3 Å². The summed E-state index contributed by atoms with van der Waals surface area (Å²) in [5.41, 5.74) is 0.276. The van der Waals surface area contributed by atoms with Gasteiger partial charge >= 0.3 is 0 Å². The molecule has 0 heterocycles. The first kappa shape index (κ1) is 16.4. The fourth-order valence-electron chi connectivity index (χ4n) is 2.35. The molecule has 3 aromatic carbocycles. The number of rotatable bonds is 3. The number of carbonyl (C=O) groups is 1. The van der Waals surface area contributed by atoms with Crippen LogP contribution < -0.4 is 5.32 Å². The molecule has 0 aromatic heterocycles. The molecule has 122 valence electrons. The molecule has 0 unspecified atom stereocenters. The molecule has 0 aliphatic rings. The number of anilines is 1. The van der Waals surface area contributed by atoms with Crippen molar-refractivity contribution >= 4 is 44.1 Å². The number of fused-ring (bicyclic) bond motifs is 1. The average molecular weight is 362 g/mol. The lowest BCUT2D eigenvalue weighted by Gasteiger charge is -2.10. The van der Waals surface area contributed by atoms with Gasteiger partial charge in [-0.25, -0.2) is 0 Å². The average Bonchev–Trinajstić information content (AvgIpc) is 2.53. The summed E-state index contributed by atoms with van der Waals surface area (Å²) >= 11 is 5.85. The highest BCUT2D eigenvalue weighted by Crippen LogP contribution is 2.26. The van der Waals surface area contributed by atoms with Gasteiger partial charge in [0, 0.05) is 10.6 Å². The minimum atomic E-state index is -4.49. The van der Waals surface area contributed by atoms with E-state index in [0.717, 1.165) is 16.8 Å². The lowest BCUT2D eigenvalue weighted by atomic mass is 10.1. The van der Waals surface area contributed by atoms with Gasteiger partial charge < -0.3 is 5.32 Å². The first-order chi connectivity index (χ1) is 11.3. The maximum absolute atomic E-state index is 12.4. The summed E-state index contributed by atoms with van der Waals surface area (Å²) in [5, 5.41) is 4.57. The predicted molar refractivity (Wildman–Crippen MR) is 93.2 cm³/mol. The Hall–Kier alpha value is -2.41. The first-order valence-electron chi connectivity index (χ1n) is 6.92. The molecule has 0 fully saturated rings. The largest absolute Gasteiger partial charge is 0.321 e. The van der Waals surface area contributed by atoms with Gasteiger partial charge in [-0.2, -0.15) is 8.42 Å². The van der Waals surface area contributed by atoms with Crippen LogP contribution in [0.2, 0.25) is 5.02 Å². The van der Waals surface area contributed by atoms with Crippen molar-refractivity contribution in [2.75, 3.05) is 5.32 Å². The van der Waals surface area contributed by atoms with Crippen LogP contribution in [0.1, 0.15) is 10.4 Å². The summed E-state index contributed by atoms with van der Waals surface area (Å²) < 4.78 is 32.1. The van der Waals surface area contributed by atoms with Crippen LogP contribution in [0.25, 0.3) is 10.8 Å². The Morgan fingerprint density at radius 3 is 2.38 bits per heavy atom. The smallest absolute Gasteiger partial charge is 0.296 e. The highest BCUT2D eigenvalue weighted by Gasteiger charge is 2.18. The number of nitrogens with one attached hydrogen (secondary N) is 1. The van der Waals surface area contributed by atoms with Crippen molar-refractivity contribution in [2.45, 2.75) is 4.90 Å². The predicted octanol–water partition coefficient (Wildman–Crippen LogP) is 3.99. The van der Waals surface area contributed by atoms with E-state index in [0.29, 0.717) is 5.56 Å². The number of benzene rings is 3. The van der Waals surface area contributed by atoms with Gasteiger partial charge in [-0.15, -0.1) is 0 Å². The van der Waals surface area contributed by atoms with Crippen molar-refractivity contribution < 1.29 is 17.8 Å². The van der Waals surface area contributed by atoms with Crippen molar-refractivity contribution in [1.82, 2.24) is 0 Å². The molecule has 0 aliphatic heterocycles. The molecule has 24 heavy (non-hydrogen) atoms. The molecule has 1 amide bonds. The van der Waals surface area contributed by atoms with E-state index in [4.69, 9.17) is 11.6 Å². The third kappa shape index (κ3) is 3.41. The third-order valence-electron chi connectivity index (χ3n) is 3.48. The normalized spacial score (nSPS) is 11.4. The zero-order chi connectivity index (χ0) is 17.3. The van der Waals surface area contributed by atoms with Crippen molar-refractivity contribution in [1.29, 1.82) is 0 Å². The van der Waals surface area contributed by atoms with E-state index in [9.17, 15) is 17.8 Å². The van der Waals surface area contributed by atoms with Gasteiger partial charge in [-0.05, 0) is 41.1 Å². The Morgan fingerprint density at radius 1 is 0.958 bits per heavy atom. The lowest BCUT2D eigenvalue weighted by Crippen LogP contribution is -2.14. The minimum absolute atomic E-state index is 0.0804. The van der Waals surface area contributed by atoms with Crippen LogP contribution in [0, 0.1) is 0 Å². The molecule has 5 nitrogen and oxygen atoms in total. The van der Waals surface area contributed by atoms with Crippen molar-refractivity contribution in [3.63, 3.8) is 0 Å². The summed E-state index contributed by atoms with van der Waals surface area (Å²) in [4.78, 5) is 12.0. The number of hydrogen-bond donors (Lipinski definition) is 2. The quantitative estimate of drug-likeness (QED) is 0.691. The van der Waals surface area contributed by atoms with Crippen molar-refractivity contribution in [3.05, 3.63) is 71.2 Å². The Kier molecular flexibility index (Phi) is 4.28. The highest BCUT2D eigenvalue weighted by atomic mass is 35.5. The number of amides is 1. The SMILES string of the molecule is O=C(Nc1cc(Cl)ccc1S(=O)(=O)O)c1ccc2ccccc2c1. The van der Waals surface area contributed by atoms with Gasteiger partial charge in [-0.3, -0.25) is 9.35 Å². The summed E-state index contributed by atoms with van der Waals surface area (Å²) in [5.74, 6) is -0.507. The van der Waals surface area contributed by atoms with E-state index in [1.165, 1.54) is 12.1 Å². The molecule has 0 spiro atoms. The fraction of sp³-hybridized carbons (Fsp3) is 0. The minimum Gasteiger partial charge on any atom is -0.321 e. The van der Waals surface area contributed by atoms with Crippen LogP contribution in [0.15, 0.2) is 65.6 Å². The van der Waals surface area contributed by atoms with Crippen LogP contribution in [-0.4, -0.2) is 18.9 Å². The Balaban J connectivity index is 1.98. The third-order valence-corrected chi connectivity index (χ3v) is 4.63. The summed E-state index contributed by atoms with van der Waals surface area (Å²) in [6, 6.07) is 16.4. The molecule has 0 saturated carbocycles. The lowest BCUT2D eigenvalue weighted by molar-refractivity contribution is 0.102. The molecular weight excluding hydrogens is 350 g/mol. The van der Waals surface area contributed by atoms with Gasteiger partial charge in [0.1, 0.15) is 4.90 Å². The van der Waals surface area contributed by atoms with Crippen LogP contribution in [-0.2, 0) is 10.1 Å². The second kappa shape index (κ2) is 6.24. The molecule has 3 aromatic rings. The summed E-state index contributed by atoms with van der Waals surface area (Å²) in [6.45, 7) is 0. The zero-order valence-electron chi connectivity index (χ0n) is 12.2. The molecule has 0 saturated heterocycles. The second-order valence-electron chi connectivity index (χ2n) is 5.13. The van der Waals surface area contributed by atoms with Gasteiger partial charge in [0.2, 0.25) is 0 Å². The Morgan fingerprint density at radius 2 is 1.67 bits per heavy atom. The number of hydrogen-bond acceptors (Lipinski definition) is 3. The van der Waals surface area contributed by atoms with E-state index < -0.39 is 20.9 Å². The molecule has 3 rings (SSSR count). The maximum Gasteiger partial charge on any atom is 0.296 e. The van der Waals surface area contributed by atoms with E-state index in [1.54, 1.807) is 18.2 Å². The molecule has 7 heteroatoms. The molecule has 0 aliphatic carbocycles. The monoisotopic (exact) mass is 361 g/mol. The Bertz CT molecular complexity index is 1050. The van der Waals surface area contributed by atoms with Crippen LogP contribution in [0.4, 0.5) is 5.69 Å². The Labute approximate surface area is 143 Å².